The quantitative estimate of drug-likeness (QED) is 0.884. The topological polar surface area (TPSA) is 101 Å². The second kappa shape index (κ2) is 5.60. The summed E-state index contributed by atoms with van der Waals surface area (Å²) in [6.07, 6.45) is 0. The average molecular weight is 366 g/mol. The van der Waals surface area contributed by atoms with Crippen LogP contribution in [0, 0.1) is 6.92 Å². The molecule has 0 saturated carbocycles. The lowest BCUT2D eigenvalue weighted by atomic mass is 10.2. The Morgan fingerprint density at radius 2 is 1.67 bits per heavy atom. The van der Waals surface area contributed by atoms with E-state index in [1.807, 2.05) is 6.92 Å². The van der Waals surface area contributed by atoms with Gasteiger partial charge >= 0.3 is 0 Å². The van der Waals surface area contributed by atoms with E-state index < -0.39 is 31.8 Å². The zero-order chi connectivity index (χ0) is 17.5. The number of benzene rings is 2. The van der Waals surface area contributed by atoms with Gasteiger partial charge in [0.05, 0.1) is 5.56 Å². The Kier molecular flexibility index (Phi) is 3.84. The highest BCUT2D eigenvalue weighted by Crippen LogP contribution is 2.30. The number of nitrogens with zero attached hydrogens (tertiary/aromatic N) is 1. The van der Waals surface area contributed by atoms with Crippen LogP contribution in [0.4, 0.5) is 5.69 Å². The molecule has 1 aliphatic heterocycles. The first-order valence-electron chi connectivity index (χ1n) is 6.94. The number of sulfonamides is 2. The van der Waals surface area contributed by atoms with Crippen molar-refractivity contribution in [3.63, 3.8) is 0 Å². The van der Waals surface area contributed by atoms with Crippen molar-refractivity contribution in [3.8, 4) is 0 Å². The van der Waals surface area contributed by atoms with E-state index in [4.69, 9.17) is 0 Å². The van der Waals surface area contributed by atoms with E-state index in [1.165, 1.54) is 24.3 Å². The van der Waals surface area contributed by atoms with Crippen molar-refractivity contribution >= 4 is 31.6 Å². The third-order valence-corrected chi connectivity index (χ3v) is 6.62. The largest absolute Gasteiger partial charge is 0.282 e. The zero-order valence-corrected chi connectivity index (χ0v) is 14.3. The van der Waals surface area contributed by atoms with E-state index in [9.17, 15) is 21.6 Å². The monoisotopic (exact) mass is 366 g/mol. The van der Waals surface area contributed by atoms with Crippen LogP contribution in [0.25, 0.3) is 0 Å². The molecule has 2 aromatic rings. The van der Waals surface area contributed by atoms with Gasteiger partial charge in [0.2, 0.25) is 0 Å². The standard InChI is InChI=1S/C15H14N2O5S2/c1-11-6-8-12(9-7-11)16-23(19,20)10-17-15(18)13-4-2-3-5-14(13)24(17,21)22/h2-9,16H,10H2,1H3. The Balaban J connectivity index is 1.88. The molecule has 0 aromatic heterocycles. The van der Waals surface area contributed by atoms with Crippen LogP contribution in [-0.2, 0) is 20.0 Å². The Hall–Kier alpha value is -2.39. The summed E-state index contributed by atoms with van der Waals surface area (Å²) < 4.78 is 51.9. The molecule has 1 heterocycles. The molecule has 0 bridgehead atoms. The van der Waals surface area contributed by atoms with Gasteiger partial charge < -0.3 is 0 Å². The first-order chi connectivity index (χ1) is 11.2. The zero-order valence-electron chi connectivity index (χ0n) is 12.6. The number of carbonyl (C=O) groups is 1. The molecule has 0 fully saturated rings. The van der Waals surface area contributed by atoms with Crippen molar-refractivity contribution < 1.29 is 21.6 Å². The Bertz CT molecular complexity index is 1010. The van der Waals surface area contributed by atoms with Crippen LogP contribution in [0.5, 0.6) is 0 Å². The molecule has 0 radical (unpaired) electrons. The minimum absolute atomic E-state index is 0.0250. The summed E-state index contributed by atoms with van der Waals surface area (Å²) in [6.45, 7) is 1.85. The number of fused-ring (bicyclic) bond motifs is 1. The van der Waals surface area contributed by atoms with Crippen molar-refractivity contribution in [2.75, 3.05) is 10.6 Å². The highest BCUT2D eigenvalue weighted by molar-refractivity contribution is 7.95. The number of anilines is 1. The fraction of sp³-hybridized carbons (Fsp3) is 0.133. The summed E-state index contributed by atoms with van der Waals surface area (Å²) >= 11 is 0. The Morgan fingerprint density at radius 3 is 2.29 bits per heavy atom. The van der Waals surface area contributed by atoms with Crippen LogP contribution >= 0.6 is 0 Å². The SMILES string of the molecule is Cc1ccc(NS(=O)(=O)CN2C(=O)c3ccccc3S2(=O)=O)cc1. The lowest BCUT2D eigenvalue weighted by Gasteiger charge is -2.16. The molecule has 0 saturated heterocycles. The molecule has 2 aromatic carbocycles. The minimum Gasteiger partial charge on any atom is -0.282 e. The smallest absolute Gasteiger partial charge is 0.270 e. The molecule has 0 atom stereocenters. The van der Waals surface area contributed by atoms with E-state index in [2.05, 4.69) is 4.72 Å². The van der Waals surface area contributed by atoms with Crippen molar-refractivity contribution in [1.29, 1.82) is 0 Å². The number of hydrogen-bond donors (Lipinski definition) is 1. The number of aryl methyl sites for hydroxylation is 1. The van der Waals surface area contributed by atoms with Crippen LogP contribution in [0.15, 0.2) is 53.4 Å². The third-order valence-electron chi connectivity index (χ3n) is 3.52. The predicted molar refractivity (Wildman–Crippen MR) is 88.4 cm³/mol. The van der Waals surface area contributed by atoms with E-state index in [-0.39, 0.29) is 10.5 Å². The van der Waals surface area contributed by atoms with Crippen LogP contribution in [-0.4, -0.2) is 32.9 Å². The van der Waals surface area contributed by atoms with Gasteiger partial charge in [-0.1, -0.05) is 29.8 Å². The highest BCUT2D eigenvalue weighted by Gasteiger charge is 2.43. The summed E-state index contributed by atoms with van der Waals surface area (Å²) in [5.74, 6) is -1.82. The number of nitrogens with one attached hydrogen (secondary N) is 1. The molecule has 0 aliphatic carbocycles. The number of rotatable bonds is 4. The molecular formula is C15H14N2O5S2. The molecule has 7 nitrogen and oxygen atoms in total. The van der Waals surface area contributed by atoms with Crippen molar-refractivity contribution in [1.82, 2.24) is 4.31 Å². The van der Waals surface area contributed by atoms with E-state index in [0.29, 0.717) is 9.99 Å². The maximum atomic E-state index is 12.4. The van der Waals surface area contributed by atoms with Gasteiger partial charge in [-0.25, -0.2) is 21.1 Å². The fourth-order valence-corrected chi connectivity index (χ4v) is 5.54. The maximum Gasteiger partial charge on any atom is 0.270 e. The third kappa shape index (κ3) is 2.87. The number of amides is 1. The summed E-state index contributed by atoms with van der Waals surface area (Å²) in [5.41, 5.74) is 1.22. The second-order valence-corrected chi connectivity index (χ2v) is 8.89. The van der Waals surface area contributed by atoms with Gasteiger partial charge in [0.25, 0.3) is 26.0 Å². The van der Waals surface area contributed by atoms with Gasteiger partial charge in [0, 0.05) is 5.69 Å². The molecule has 1 aliphatic rings. The number of carbonyl (C=O) groups excluding carboxylic acids is 1. The molecule has 3 rings (SSSR count). The number of hydrogen-bond acceptors (Lipinski definition) is 5. The molecule has 0 unspecified atom stereocenters. The fourth-order valence-electron chi connectivity index (χ4n) is 2.35. The summed E-state index contributed by atoms with van der Waals surface area (Å²) in [6, 6.07) is 12.2. The van der Waals surface area contributed by atoms with Crippen LogP contribution in [0.1, 0.15) is 15.9 Å². The summed E-state index contributed by atoms with van der Waals surface area (Å²) in [7, 11) is -8.24. The van der Waals surface area contributed by atoms with Gasteiger partial charge in [-0.05, 0) is 31.2 Å². The van der Waals surface area contributed by atoms with Gasteiger partial charge in [-0.2, -0.15) is 0 Å². The van der Waals surface area contributed by atoms with Gasteiger partial charge in [-0.3, -0.25) is 9.52 Å². The second-order valence-electron chi connectivity index (χ2n) is 5.37. The Morgan fingerprint density at radius 1 is 1.04 bits per heavy atom. The van der Waals surface area contributed by atoms with Crippen LogP contribution in [0.2, 0.25) is 0 Å². The van der Waals surface area contributed by atoms with E-state index >= 15 is 0 Å². The summed E-state index contributed by atoms with van der Waals surface area (Å²) in [5, 5.41) is 0. The first-order valence-corrected chi connectivity index (χ1v) is 10.0. The molecule has 0 spiro atoms. The van der Waals surface area contributed by atoms with E-state index in [0.717, 1.165) is 5.56 Å². The molecule has 24 heavy (non-hydrogen) atoms. The molecule has 126 valence electrons. The Labute approximate surface area is 140 Å². The summed E-state index contributed by atoms with van der Waals surface area (Å²) in [4.78, 5) is 12.1. The molecule has 1 N–H and O–H groups in total. The van der Waals surface area contributed by atoms with E-state index in [1.54, 1.807) is 24.3 Å². The van der Waals surface area contributed by atoms with Crippen molar-refractivity contribution in [2.24, 2.45) is 0 Å². The molecular weight excluding hydrogens is 352 g/mol. The lowest BCUT2D eigenvalue weighted by molar-refractivity contribution is 0.0885. The van der Waals surface area contributed by atoms with Gasteiger partial charge in [0.1, 0.15) is 4.90 Å². The molecule has 1 amide bonds. The van der Waals surface area contributed by atoms with Gasteiger partial charge in [-0.15, -0.1) is 0 Å². The normalized spacial score (nSPS) is 16.0. The predicted octanol–water partition coefficient (Wildman–Crippen LogP) is 1.54. The van der Waals surface area contributed by atoms with Crippen molar-refractivity contribution in [2.45, 2.75) is 11.8 Å². The average Bonchev–Trinajstić information content (AvgIpc) is 2.71. The minimum atomic E-state index is -4.16. The highest BCUT2D eigenvalue weighted by atomic mass is 32.2. The van der Waals surface area contributed by atoms with Crippen molar-refractivity contribution in [3.05, 3.63) is 59.7 Å². The first kappa shape index (κ1) is 16.5. The van der Waals surface area contributed by atoms with Crippen LogP contribution < -0.4 is 4.72 Å². The maximum absolute atomic E-state index is 12.4. The molecule has 9 heteroatoms. The lowest BCUT2D eigenvalue weighted by Crippen LogP contribution is -2.37. The van der Waals surface area contributed by atoms with Crippen LogP contribution in [0.3, 0.4) is 0 Å². The van der Waals surface area contributed by atoms with Gasteiger partial charge in [0.15, 0.2) is 5.88 Å².